The average molecular weight is 372 g/mol. The van der Waals surface area contributed by atoms with Gasteiger partial charge < -0.3 is 0 Å². The molecule has 3 fully saturated rings. The van der Waals surface area contributed by atoms with Crippen molar-refractivity contribution in [2.75, 3.05) is 0 Å². The summed E-state index contributed by atoms with van der Waals surface area (Å²) in [4.78, 5) is 15.0. The Morgan fingerprint density at radius 2 is 2.00 bits per heavy atom. The Bertz CT molecular complexity index is 477. The first-order chi connectivity index (χ1) is 9.77. The van der Waals surface area contributed by atoms with Crippen LogP contribution >= 0.6 is 12.2 Å². The van der Waals surface area contributed by atoms with Crippen LogP contribution in [0.5, 0.6) is 0 Å². The SMILES string of the molecule is CC(=S)N[C@@H]1CCC[C@H]1[Se][C@@H]1C(=O)[C@]2(C)CC[C@H]1C2(C)C. The first-order valence-electron chi connectivity index (χ1n) is 8.24. The zero-order valence-electron chi connectivity index (χ0n) is 13.6. The van der Waals surface area contributed by atoms with Crippen LogP contribution in [-0.4, -0.2) is 31.8 Å². The van der Waals surface area contributed by atoms with Crippen molar-refractivity contribution >= 4 is 37.9 Å². The summed E-state index contributed by atoms with van der Waals surface area (Å²) < 4.78 is 0. The number of fused-ring (bicyclic) bond motifs is 2. The number of thiocarbonyl (C=S) groups is 1. The average Bonchev–Trinajstić information content (AvgIpc) is 2.93. The molecule has 3 rings (SSSR count). The summed E-state index contributed by atoms with van der Waals surface area (Å²) in [6.07, 6.45) is 6.18. The Labute approximate surface area is 140 Å². The van der Waals surface area contributed by atoms with Gasteiger partial charge in [0.15, 0.2) is 0 Å². The normalized spacial score (nSPS) is 44.3. The van der Waals surface area contributed by atoms with Crippen molar-refractivity contribution in [3.8, 4) is 0 Å². The quantitative estimate of drug-likeness (QED) is 0.604. The van der Waals surface area contributed by atoms with E-state index in [1.807, 2.05) is 6.92 Å². The van der Waals surface area contributed by atoms with Crippen LogP contribution in [0.4, 0.5) is 0 Å². The molecule has 0 aromatic carbocycles. The van der Waals surface area contributed by atoms with Crippen molar-refractivity contribution in [1.29, 1.82) is 0 Å². The van der Waals surface area contributed by atoms with E-state index in [2.05, 4.69) is 26.1 Å². The van der Waals surface area contributed by atoms with Crippen LogP contribution in [0.3, 0.4) is 0 Å². The maximum absolute atomic E-state index is 13.0. The molecule has 0 aromatic rings. The summed E-state index contributed by atoms with van der Waals surface area (Å²) in [5.74, 6) is 1.22. The fourth-order valence-corrected chi connectivity index (χ4v) is 9.47. The van der Waals surface area contributed by atoms with Gasteiger partial charge in [0.2, 0.25) is 0 Å². The third kappa shape index (κ3) is 2.33. The molecular weight excluding hydrogens is 345 g/mol. The topological polar surface area (TPSA) is 29.1 Å². The molecular formula is C17H27NOSSe. The fourth-order valence-electron chi connectivity index (χ4n) is 4.86. The first-order valence-corrected chi connectivity index (χ1v) is 10.6. The summed E-state index contributed by atoms with van der Waals surface area (Å²) in [5.41, 5.74) is 0.157. The number of ketones is 1. The number of carbonyl (C=O) groups is 1. The summed E-state index contributed by atoms with van der Waals surface area (Å²) in [5, 5.41) is 3.49. The van der Waals surface area contributed by atoms with Gasteiger partial charge in [0.05, 0.1) is 0 Å². The number of hydrogen-bond acceptors (Lipinski definition) is 2. The number of rotatable bonds is 3. The maximum atomic E-state index is 13.0. The van der Waals surface area contributed by atoms with Gasteiger partial charge in [-0.15, -0.1) is 0 Å². The molecule has 21 heavy (non-hydrogen) atoms. The standard InChI is InChI=1S/C17H27NOSSe/c1-10(20)18-12-6-5-7-13(12)21-14-11-8-9-17(4,15(14)19)16(11,2)3/h11-14H,5-9H2,1-4H3,(H,18,20)/t11-,12-,13-,14+,17+/m1/s1. The van der Waals surface area contributed by atoms with Crippen molar-refractivity contribution in [3.05, 3.63) is 0 Å². The molecule has 0 unspecified atom stereocenters. The molecule has 3 aliphatic rings. The Kier molecular flexibility index (Phi) is 4.04. The van der Waals surface area contributed by atoms with Crippen molar-refractivity contribution in [2.24, 2.45) is 16.7 Å². The molecule has 0 radical (unpaired) electrons. The van der Waals surface area contributed by atoms with Gasteiger partial charge in [0.1, 0.15) is 0 Å². The molecule has 0 amide bonds. The van der Waals surface area contributed by atoms with E-state index in [1.165, 1.54) is 25.7 Å². The molecule has 0 spiro atoms. The molecule has 4 heteroatoms. The van der Waals surface area contributed by atoms with Crippen molar-refractivity contribution in [2.45, 2.75) is 75.5 Å². The Morgan fingerprint density at radius 1 is 1.29 bits per heavy atom. The van der Waals surface area contributed by atoms with Crippen molar-refractivity contribution in [3.63, 3.8) is 0 Å². The van der Waals surface area contributed by atoms with Crippen LogP contribution in [0.2, 0.25) is 9.63 Å². The van der Waals surface area contributed by atoms with Gasteiger partial charge in [-0.2, -0.15) is 0 Å². The Balaban J connectivity index is 1.74. The summed E-state index contributed by atoms with van der Waals surface area (Å²) >= 11 is 5.65. The van der Waals surface area contributed by atoms with Gasteiger partial charge in [-0.05, 0) is 0 Å². The minimum absolute atomic E-state index is 0.0499. The predicted molar refractivity (Wildman–Crippen MR) is 91.9 cm³/mol. The van der Waals surface area contributed by atoms with Crippen molar-refractivity contribution in [1.82, 2.24) is 5.32 Å². The van der Waals surface area contributed by atoms with Crippen LogP contribution in [0.1, 0.15) is 59.8 Å². The van der Waals surface area contributed by atoms with Gasteiger partial charge in [-0.3, -0.25) is 0 Å². The number of hydrogen-bond donors (Lipinski definition) is 1. The second-order valence-corrected chi connectivity index (χ2v) is 11.4. The minimum atomic E-state index is -0.0499. The molecule has 118 valence electrons. The zero-order valence-corrected chi connectivity index (χ0v) is 16.1. The second kappa shape index (κ2) is 5.32. The van der Waals surface area contributed by atoms with Gasteiger partial charge in [0, 0.05) is 0 Å². The third-order valence-corrected chi connectivity index (χ3v) is 10.4. The molecule has 0 saturated heterocycles. The van der Waals surface area contributed by atoms with E-state index in [1.54, 1.807) is 0 Å². The fraction of sp³-hybridized carbons (Fsp3) is 0.882. The summed E-state index contributed by atoms with van der Waals surface area (Å²) in [7, 11) is 0. The van der Waals surface area contributed by atoms with Gasteiger partial charge in [-0.25, -0.2) is 0 Å². The Hall–Kier alpha value is 0.0795. The van der Waals surface area contributed by atoms with E-state index >= 15 is 0 Å². The zero-order chi connectivity index (χ0) is 15.4. The molecule has 5 atom stereocenters. The van der Waals surface area contributed by atoms with Crippen LogP contribution in [-0.2, 0) is 4.79 Å². The summed E-state index contributed by atoms with van der Waals surface area (Å²) in [6.45, 7) is 8.88. The van der Waals surface area contributed by atoms with Crippen LogP contribution in [0.15, 0.2) is 0 Å². The van der Waals surface area contributed by atoms with Crippen LogP contribution in [0.25, 0.3) is 0 Å². The predicted octanol–water partition coefficient (Wildman–Crippen LogP) is 3.78. The molecule has 2 bridgehead atoms. The Morgan fingerprint density at radius 3 is 2.57 bits per heavy atom. The number of nitrogens with one attached hydrogen (secondary N) is 1. The second-order valence-electron chi connectivity index (χ2n) is 7.90. The summed E-state index contributed by atoms with van der Waals surface area (Å²) in [6, 6.07) is 0.533. The van der Waals surface area contributed by atoms with E-state index in [9.17, 15) is 4.79 Å². The van der Waals surface area contributed by atoms with E-state index in [0.29, 0.717) is 42.3 Å². The molecule has 3 saturated carbocycles. The van der Waals surface area contributed by atoms with Gasteiger partial charge in [-0.1, -0.05) is 0 Å². The first kappa shape index (κ1) is 16.0. The molecule has 2 nitrogen and oxygen atoms in total. The third-order valence-electron chi connectivity index (χ3n) is 6.63. The molecule has 0 heterocycles. The van der Waals surface area contributed by atoms with E-state index in [4.69, 9.17) is 12.2 Å². The van der Waals surface area contributed by atoms with Crippen molar-refractivity contribution < 1.29 is 4.79 Å². The van der Waals surface area contributed by atoms with E-state index in [-0.39, 0.29) is 10.8 Å². The van der Waals surface area contributed by atoms with Crippen LogP contribution < -0.4 is 5.32 Å². The number of Topliss-reactive ketones (excluding diaryl/α,β-unsaturated/α-hetero) is 1. The monoisotopic (exact) mass is 373 g/mol. The van der Waals surface area contributed by atoms with Crippen LogP contribution in [0, 0.1) is 16.7 Å². The molecule has 0 aliphatic heterocycles. The number of carbonyl (C=O) groups excluding carboxylic acids is 1. The van der Waals surface area contributed by atoms with E-state index in [0.717, 1.165) is 11.4 Å². The van der Waals surface area contributed by atoms with Gasteiger partial charge in [0.25, 0.3) is 0 Å². The molecule has 0 aromatic heterocycles. The molecule has 3 aliphatic carbocycles. The van der Waals surface area contributed by atoms with E-state index < -0.39 is 0 Å². The van der Waals surface area contributed by atoms with Gasteiger partial charge >= 0.3 is 140 Å². The molecule has 1 N–H and O–H groups in total.